The van der Waals surface area contributed by atoms with Gasteiger partial charge in [-0.15, -0.1) is 0 Å². The van der Waals surface area contributed by atoms with Gasteiger partial charge in [-0.2, -0.15) is 0 Å². The molecule has 1 N–H and O–H groups in total. The van der Waals surface area contributed by atoms with Gasteiger partial charge in [0, 0.05) is 12.7 Å². The van der Waals surface area contributed by atoms with Gasteiger partial charge in [0.25, 0.3) is 5.56 Å². The Morgan fingerprint density at radius 2 is 2.21 bits per heavy atom. The Labute approximate surface area is 112 Å². The van der Waals surface area contributed by atoms with Crippen molar-refractivity contribution in [3.05, 3.63) is 28.7 Å². The molecule has 1 aromatic heterocycles. The third kappa shape index (κ3) is 4.40. The van der Waals surface area contributed by atoms with Gasteiger partial charge in [0.1, 0.15) is 6.04 Å². The lowest BCUT2D eigenvalue weighted by atomic mass is 10.3. The van der Waals surface area contributed by atoms with E-state index in [0.717, 1.165) is 17.5 Å². The van der Waals surface area contributed by atoms with Crippen molar-refractivity contribution in [1.29, 1.82) is 0 Å². The molecule has 19 heavy (non-hydrogen) atoms. The number of carboxylic acid groups (broad SMARTS) is 1. The van der Waals surface area contributed by atoms with E-state index in [1.54, 1.807) is 12.1 Å². The van der Waals surface area contributed by atoms with Crippen LogP contribution in [0.3, 0.4) is 0 Å². The second kappa shape index (κ2) is 6.94. The predicted octanol–water partition coefficient (Wildman–Crippen LogP) is 0.824. The van der Waals surface area contributed by atoms with Crippen LogP contribution in [0.1, 0.15) is 19.4 Å². The van der Waals surface area contributed by atoms with Crippen molar-refractivity contribution in [2.24, 2.45) is 0 Å². The Balaban J connectivity index is 2.73. The third-order valence-electron chi connectivity index (χ3n) is 2.72. The van der Waals surface area contributed by atoms with Gasteiger partial charge >= 0.3 is 5.97 Å². The molecule has 0 amide bonds. The fraction of sp³-hybridized carbons (Fsp3) is 0.538. The number of rotatable bonds is 7. The number of nitrogens with zero attached hydrogens (tertiary/aromatic N) is 2. The normalized spacial score (nSPS) is 12.4. The summed E-state index contributed by atoms with van der Waals surface area (Å²) in [5, 5.41) is 8.92. The summed E-state index contributed by atoms with van der Waals surface area (Å²) >= 11 is 0. The zero-order valence-electron chi connectivity index (χ0n) is 11.5. The molecule has 6 heteroatoms. The summed E-state index contributed by atoms with van der Waals surface area (Å²) in [4.78, 5) is 24.9. The highest BCUT2D eigenvalue weighted by molar-refractivity contribution is 5.71. The van der Waals surface area contributed by atoms with Crippen molar-refractivity contribution in [2.75, 3.05) is 27.2 Å². The summed E-state index contributed by atoms with van der Waals surface area (Å²) < 4.78 is 6.56. The van der Waals surface area contributed by atoms with Gasteiger partial charge in [0.05, 0.1) is 6.61 Å². The van der Waals surface area contributed by atoms with Gasteiger partial charge in [-0.1, -0.05) is 0 Å². The van der Waals surface area contributed by atoms with E-state index < -0.39 is 17.6 Å². The Morgan fingerprint density at radius 3 is 2.79 bits per heavy atom. The average molecular weight is 268 g/mol. The van der Waals surface area contributed by atoms with Crippen LogP contribution >= 0.6 is 0 Å². The number of ether oxygens (including phenoxy) is 1. The van der Waals surface area contributed by atoms with E-state index in [0.29, 0.717) is 6.61 Å². The van der Waals surface area contributed by atoms with Gasteiger partial charge in [-0.05, 0) is 39.6 Å². The first-order valence-electron chi connectivity index (χ1n) is 6.15. The number of hydrogen-bond donors (Lipinski definition) is 1. The molecule has 0 radical (unpaired) electrons. The molecule has 0 bridgehead atoms. The molecular weight excluding hydrogens is 248 g/mol. The molecule has 0 aliphatic heterocycles. The van der Waals surface area contributed by atoms with Gasteiger partial charge in [-0.25, -0.2) is 4.79 Å². The number of hydrogen-bond acceptors (Lipinski definition) is 4. The fourth-order valence-corrected chi connectivity index (χ4v) is 1.59. The molecule has 0 saturated heterocycles. The number of carbonyl (C=O) groups is 1. The van der Waals surface area contributed by atoms with E-state index in [1.165, 1.54) is 13.1 Å². The van der Waals surface area contributed by atoms with E-state index in [9.17, 15) is 9.59 Å². The summed E-state index contributed by atoms with van der Waals surface area (Å²) in [5.74, 6) is -0.860. The highest BCUT2D eigenvalue weighted by Crippen LogP contribution is 2.07. The topological polar surface area (TPSA) is 71.8 Å². The Morgan fingerprint density at radius 1 is 1.53 bits per heavy atom. The Bertz CT molecular complexity index is 482. The molecule has 0 aliphatic rings. The molecule has 1 heterocycles. The molecule has 0 saturated carbocycles. The maximum atomic E-state index is 12.0. The maximum absolute atomic E-state index is 12.0. The summed E-state index contributed by atoms with van der Waals surface area (Å²) in [6, 6.07) is 2.27. The molecule has 0 aliphatic carbocycles. The van der Waals surface area contributed by atoms with E-state index in [-0.39, 0.29) is 5.75 Å². The average Bonchev–Trinajstić information content (AvgIpc) is 2.35. The van der Waals surface area contributed by atoms with Gasteiger partial charge in [0.15, 0.2) is 5.75 Å². The van der Waals surface area contributed by atoms with Crippen molar-refractivity contribution >= 4 is 5.97 Å². The minimum absolute atomic E-state index is 0.189. The molecule has 1 rings (SSSR count). The number of aromatic nitrogens is 1. The van der Waals surface area contributed by atoms with Crippen molar-refractivity contribution < 1.29 is 14.6 Å². The lowest BCUT2D eigenvalue weighted by molar-refractivity contribution is -0.140. The van der Waals surface area contributed by atoms with Crippen LogP contribution in [0.5, 0.6) is 5.75 Å². The van der Waals surface area contributed by atoms with Crippen LogP contribution in [0.15, 0.2) is 23.1 Å². The Kier molecular flexibility index (Phi) is 5.57. The lowest BCUT2D eigenvalue weighted by Crippen LogP contribution is -2.28. The minimum Gasteiger partial charge on any atom is -0.488 e. The van der Waals surface area contributed by atoms with Crippen LogP contribution in [0.25, 0.3) is 0 Å². The highest BCUT2D eigenvalue weighted by atomic mass is 16.5. The fourth-order valence-electron chi connectivity index (χ4n) is 1.59. The van der Waals surface area contributed by atoms with Crippen molar-refractivity contribution in [1.82, 2.24) is 9.47 Å². The maximum Gasteiger partial charge on any atom is 0.326 e. The molecule has 1 unspecified atom stereocenters. The summed E-state index contributed by atoms with van der Waals surface area (Å²) in [6.45, 7) is 2.75. The van der Waals surface area contributed by atoms with E-state index in [2.05, 4.69) is 0 Å². The first-order valence-corrected chi connectivity index (χ1v) is 6.15. The summed E-state index contributed by atoms with van der Waals surface area (Å²) in [5.41, 5.74) is -0.415. The van der Waals surface area contributed by atoms with Crippen LogP contribution in [-0.2, 0) is 4.79 Å². The summed E-state index contributed by atoms with van der Waals surface area (Å²) in [7, 11) is 3.92. The lowest BCUT2D eigenvalue weighted by Gasteiger charge is -2.13. The van der Waals surface area contributed by atoms with Crippen molar-refractivity contribution in [2.45, 2.75) is 19.4 Å². The molecule has 1 aromatic rings. The van der Waals surface area contributed by atoms with Crippen LogP contribution in [0.2, 0.25) is 0 Å². The minimum atomic E-state index is -1.05. The first-order chi connectivity index (χ1) is 8.93. The van der Waals surface area contributed by atoms with E-state index in [4.69, 9.17) is 9.84 Å². The number of aliphatic carboxylic acids is 1. The molecule has 106 valence electrons. The van der Waals surface area contributed by atoms with Gasteiger partial charge in [0.2, 0.25) is 0 Å². The molecule has 0 spiro atoms. The molecule has 1 atom stereocenters. The van der Waals surface area contributed by atoms with Crippen LogP contribution in [0.4, 0.5) is 0 Å². The van der Waals surface area contributed by atoms with Crippen molar-refractivity contribution in [3.63, 3.8) is 0 Å². The number of carboxylic acids is 1. The third-order valence-corrected chi connectivity index (χ3v) is 2.72. The highest BCUT2D eigenvalue weighted by Gasteiger charge is 2.16. The van der Waals surface area contributed by atoms with E-state index in [1.807, 2.05) is 19.0 Å². The van der Waals surface area contributed by atoms with Crippen LogP contribution in [0, 0.1) is 0 Å². The standard InChI is InChI=1S/C13H20N2O4/c1-10(13(17)18)15-8-4-6-11(12(15)16)19-9-5-7-14(2)3/h4,6,8,10H,5,7,9H2,1-3H3,(H,17,18). The molecule has 0 fully saturated rings. The molecule has 6 nitrogen and oxygen atoms in total. The van der Waals surface area contributed by atoms with Crippen molar-refractivity contribution in [3.8, 4) is 5.75 Å². The smallest absolute Gasteiger partial charge is 0.326 e. The zero-order valence-corrected chi connectivity index (χ0v) is 11.5. The zero-order chi connectivity index (χ0) is 14.4. The largest absolute Gasteiger partial charge is 0.488 e. The second-order valence-electron chi connectivity index (χ2n) is 4.60. The SMILES string of the molecule is CC(C(=O)O)n1cccc(OCCCN(C)C)c1=O. The van der Waals surface area contributed by atoms with Crippen LogP contribution < -0.4 is 10.3 Å². The van der Waals surface area contributed by atoms with Crippen LogP contribution in [-0.4, -0.2) is 47.8 Å². The quantitative estimate of drug-likeness (QED) is 0.741. The first kappa shape index (κ1) is 15.2. The van der Waals surface area contributed by atoms with Gasteiger partial charge < -0.3 is 14.7 Å². The predicted molar refractivity (Wildman–Crippen MR) is 71.7 cm³/mol. The second-order valence-corrected chi connectivity index (χ2v) is 4.60. The van der Waals surface area contributed by atoms with Gasteiger partial charge in [-0.3, -0.25) is 9.36 Å². The monoisotopic (exact) mass is 268 g/mol. The Hall–Kier alpha value is -1.82. The van der Waals surface area contributed by atoms with E-state index >= 15 is 0 Å². The number of pyridine rings is 1. The molecule has 0 aromatic carbocycles. The molecular formula is C13H20N2O4. The summed E-state index contributed by atoms with van der Waals surface area (Å²) in [6.07, 6.45) is 2.25.